The minimum Gasteiger partial charge on any atom is -0.508 e. The monoisotopic (exact) mass is 272 g/mol. The lowest BCUT2D eigenvalue weighted by molar-refractivity contribution is 0.339. The summed E-state index contributed by atoms with van der Waals surface area (Å²) in [5, 5.41) is 9.58. The second-order valence-corrected chi connectivity index (χ2v) is 4.88. The minimum atomic E-state index is 0.257. The fourth-order valence-corrected chi connectivity index (χ4v) is 1.98. The molecule has 0 aromatic heterocycles. The molecule has 0 unspecified atom stereocenters. The van der Waals surface area contributed by atoms with Gasteiger partial charge >= 0.3 is 0 Å². The van der Waals surface area contributed by atoms with Crippen LogP contribution in [0.2, 0.25) is 0 Å². The Morgan fingerprint density at radius 1 is 1.00 bits per heavy atom. The van der Waals surface area contributed by atoms with E-state index in [1.54, 1.807) is 18.2 Å². The summed E-state index contributed by atoms with van der Waals surface area (Å²) in [6, 6.07) is 12.7. The molecule has 2 aromatic rings. The molecule has 0 saturated carbocycles. The van der Waals surface area contributed by atoms with Crippen molar-refractivity contribution in [3.05, 3.63) is 48.0 Å². The van der Waals surface area contributed by atoms with Crippen LogP contribution in [-0.4, -0.2) is 11.7 Å². The van der Waals surface area contributed by atoms with Gasteiger partial charge in [-0.05, 0) is 55.3 Å². The van der Waals surface area contributed by atoms with Crippen LogP contribution in [0.4, 0.5) is 0 Å². The van der Waals surface area contributed by atoms with Gasteiger partial charge < -0.3 is 14.6 Å². The summed E-state index contributed by atoms with van der Waals surface area (Å²) in [6.07, 6.45) is 0. The Labute approximate surface area is 119 Å². The van der Waals surface area contributed by atoms with E-state index in [0.29, 0.717) is 6.61 Å². The maximum atomic E-state index is 9.58. The second kappa shape index (κ2) is 6.33. The molecule has 0 aliphatic rings. The number of hydrogen-bond acceptors (Lipinski definition) is 3. The molecule has 0 aliphatic heterocycles. The maximum Gasteiger partial charge on any atom is 0.131 e. The molecule has 0 atom stereocenters. The molecule has 0 bridgehead atoms. The van der Waals surface area contributed by atoms with Crippen LogP contribution in [-0.2, 0) is 0 Å². The van der Waals surface area contributed by atoms with Crippen molar-refractivity contribution in [3.63, 3.8) is 0 Å². The van der Waals surface area contributed by atoms with Gasteiger partial charge in [0.25, 0.3) is 0 Å². The lowest BCUT2D eigenvalue weighted by Gasteiger charge is -2.14. The molecule has 0 heterocycles. The summed E-state index contributed by atoms with van der Waals surface area (Å²) in [7, 11) is 0. The molecule has 0 aliphatic carbocycles. The normalized spacial score (nSPS) is 10.6. The van der Waals surface area contributed by atoms with Crippen LogP contribution >= 0.6 is 0 Å². The molecule has 3 nitrogen and oxygen atoms in total. The molecule has 2 rings (SSSR count). The van der Waals surface area contributed by atoms with Crippen molar-refractivity contribution in [2.24, 2.45) is 0 Å². The maximum absolute atomic E-state index is 9.58. The number of aromatic hydroxyl groups is 1. The Morgan fingerprint density at radius 3 is 2.25 bits per heavy atom. The van der Waals surface area contributed by atoms with Crippen molar-refractivity contribution < 1.29 is 14.6 Å². The van der Waals surface area contributed by atoms with E-state index in [2.05, 4.69) is 13.8 Å². The third kappa shape index (κ3) is 3.44. The van der Waals surface area contributed by atoms with Crippen molar-refractivity contribution in [1.29, 1.82) is 0 Å². The van der Waals surface area contributed by atoms with E-state index in [0.717, 1.165) is 22.8 Å². The molecular formula is C17H20O3. The van der Waals surface area contributed by atoms with Gasteiger partial charge in [0.05, 0.1) is 6.61 Å². The van der Waals surface area contributed by atoms with Gasteiger partial charge in [0.2, 0.25) is 0 Å². The van der Waals surface area contributed by atoms with Crippen LogP contribution in [0.5, 0.6) is 23.0 Å². The molecule has 1 N–H and O–H groups in total. The van der Waals surface area contributed by atoms with E-state index in [1.165, 1.54) is 0 Å². The van der Waals surface area contributed by atoms with Crippen LogP contribution in [0.25, 0.3) is 0 Å². The van der Waals surface area contributed by atoms with Crippen LogP contribution < -0.4 is 9.47 Å². The first-order valence-corrected chi connectivity index (χ1v) is 6.83. The van der Waals surface area contributed by atoms with Gasteiger partial charge in [0, 0.05) is 5.56 Å². The molecule has 0 amide bonds. The van der Waals surface area contributed by atoms with Gasteiger partial charge in [-0.1, -0.05) is 13.8 Å². The first-order chi connectivity index (χ1) is 9.60. The SMILES string of the molecule is CCOc1ccc(Oc2ccc(O)cc2C(C)C)cc1. The molecule has 0 spiro atoms. The van der Waals surface area contributed by atoms with Crippen LogP contribution in [0.3, 0.4) is 0 Å². The Morgan fingerprint density at radius 2 is 1.65 bits per heavy atom. The number of ether oxygens (including phenoxy) is 2. The van der Waals surface area contributed by atoms with Gasteiger partial charge in [-0.2, -0.15) is 0 Å². The molecule has 20 heavy (non-hydrogen) atoms. The average Bonchev–Trinajstić information content (AvgIpc) is 2.43. The minimum absolute atomic E-state index is 0.257. The third-order valence-corrected chi connectivity index (χ3v) is 2.98. The van der Waals surface area contributed by atoms with E-state index in [4.69, 9.17) is 9.47 Å². The highest BCUT2D eigenvalue weighted by molar-refractivity contribution is 5.44. The average molecular weight is 272 g/mol. The van der Waals surface area contributed by atoms with E-state index < -0.39 is 0 Å². The molecule has 0 fully saturated rings. The highest BCUT2D eigenvalue weighted by Gasteiger charge is 2.10. The van der Waals surface area contributed by atoms with Gasteiger partial charge in [-0.15, -0.1) is 0 Å². The van der Waals surface area contributed by atoms with Crippen LogP contribution in [0, 0.1) is 0 Å². The van der Waals surface area contributed by atoms with Crippen molar-refractivity contribution >= 4 is 0 Å². The predicted molar refractivity (Wildman–Crippen MR) is 79.9 cm³/mol. The Balaban J connectivity index is 2.21. The van der Waals surface area contributed by atoms with Gasteiger partial charge in [0.1, 0.15) is 23.0 Å². The number of phenolic OH excluding ortho intramolecular Hbond substituents is 1. The predicted octanol–water partition coefficient (Wildman–Crippen LogP) is 4.71. The number of benzene rings is 2. The van der Waals surface area contributed by atoms with Crippen molar-refractivity contribution in [2.75, 3.05) is 6.61 Å². The zero-order valence-corrected chi connectivity index (χ0v) is 12.1. The number of rotatable bonds is 5. The molecule has 2 aromatic carbocycles. The summed E-state index contributed by atoms with van der Waals surface area (Å²) < 4.78 is 11.3. The summed E-state index contributed by atoms with van der Waals surface area (Å²) in [6.45, 7) is 6.74. The largest absolute Gasteiger partial charge is 0.508 e. The lowest BCUT2D eigenvalue weighted by Crippen LogP contribution is -1.94. The highest BCUT2D eigenvalue weighted by Crippen LogP contribution is 2.33. The Bertz CT molecular complexity index is 559. The summed E-state index contributed by atoms with van der Waals surface area (Å²) in [4.78, 5) is 0. The lowest BCUT2D eigenvalue weighted by atomic mass is 10.0. The van der Waals surface area contributed by atoms with Crippen molar-refractivity contribution in [1.82, 2.24) is 0 Å². The molecule has 3 heteroatoms. The molecule has 106 valence electrons. The fraction of sp³-hybridized carbons (Fsp3) is 0.294. The van der Waals surface area contributed by atoms with E-state index in [-0.39, 0.29) is 11.7 Å². The molecule has 0 radical (unpaired) electrons. The van der Waals surface area contributed by atoms with Crippen molar-refractivity contribution in [3.8, 4) is 23.0 Å². The van der Waals surface area contributed by atoms with Gasteiger partial charge in [0.15, 0.2) is 0 Å². The van der Waals surface area contributed by atoms with E-state index >= 15 is 0 Å². The highest BCUT2D eigenvalue weighted by atomic mass is 16.5. The zero-order chi connectivity index (χ0) is 14.5. The van der Waals surface area contributed by atoms with Gasteiger partial charge in [-0.3, -0.25) is 0 Å². The zero-order valence-electron chi connectivity index (χ0n) is 12.1. The molecule has 0 saturated heterocycles. The van der Waals surface area contributed by atoms with Crippen LogP contribution in [0.1, 0.15) is 32.3 Å². The first-order valence-electron chi connectivity index (χ1n) is 6.83. The summed E-state index contributed by atoms with van der Waals surface area (Å²) in [5.41, 5.74) is 0.985. The molecular weight excluding hydrogens is 252 g/mol. The second-order valence-electron chi connectivity index (χ2n) is 4.88. The van der Waals surface area contributed by atoms with E-state index in [9.17, 15) is 5.11 Å². The van der Waals surface area contributed by atoms with Crippen LogP contribution in [0.15, 0.2) is 42.5 Å². The smallest absolute Gasteiger partial charge is 0.131 e. The van der Waals surface area contributed by atoms with Crippen molar-refractivity contribution in [2.45, 2.75) is 26.7 Å². The third-order valence-electron chi connectivity index (χ3n) is 2.98. The number of hydrogen-bond donors (Lipinski definition) is 1. The standard InChI is InChI=1S/C17H20O3/c1-4-19-14-6-8-15(9-7-14)20-17-10-5-13(18)11-16(17)12(2)3/h5-12,18H,4H2,1-3H3. The fourth-order valence-electron chi connectivity index (χ4n) is 1.98. The summed E-state index contributed by atoms with van der Waals surface area (Å²) >= 11 is 0. The van der Waals surface area contributed by atoms with Gasteiger partial charge in [-0.25, -0.2) is 0 Å². The first kappa shape index (κ1) is 14.3. The Kier molecular flexibility index (Phi) is 4.51. The quantitative estimate of drug-likeness (QED) is 0.857. The van der Waals surface area contributed by atoms with E-state index in [1.807, 2.05) is 31.2 Å². The topological polar surface area (TPSA) is 38.7 Å². The summed E-state index contributed by atoms with van der Waals surface area (Å²) in [5.74, 6) is 2.88. The Hall–Kier alpha value is -2.16. The number of phenols is 1.